The predicted molar refractivity (Wildman–Crippen MR) is 151 cm³/mol. The summed E-state index contributed by atoms with van der Waals surface area (Å²) in [6.45, 7) is 6.84. The van der Waals surface area contributed by atoms with Crippen molar-refractivity contribution in [3.05, 3.63) is 25.4 Å². The lowest BCUT2D eigenvalue weighted by molar-refractivity contribution is 1.11. The fraction of sp³-hybridized carbons (Fsp3) is 0.667. The summed E-state index contributed by atoms with van der Waals surface area (Å²) in [5, 5.41) is 0. The molecule has 2 rings (SSSR count). The molecule has 0 amide bonds. The van der Waals surface area contributed by atoms with Gasteiger partial charge in [0.1, 0.15) is 0 Å². The normalized spacial score (nSPS) is 17.8. The van der Waals surface area contributed by atoms with E-state index in [4.69, 9.17) is 0 Å². The predicted octanol–water partition coefficient (Wildman–Crippen LogP) is 9.85. The summed E-state index contributed by atoms with van der Waals surface area (Å²) in [7, 11) is 0. The molecular formula is C18H28S9. The summed E-state index contributed by atoms with van der Waals surface area (Å²) in [5.74, 6) is 6.14. The van der Waals surface area contributed by atoms with E-state index in [2.05, 4.69) is 74.1 Å². The average molecular weight is 533 g/mol. The summed E-state index contributed by atoms with van der Waals surface area (Å²) in [6, 6.07) is 0. The highest BCUT2D eigenvalue weighted by Gasteiger charge is 2.30. The fourth-order valence-electron chi connectivity index (χ4n) is 1.87. The molecule has 0 saturated carbocycles. The molecule has 0 saturated heterocycles. The molecule has 0 N–H and O–H groups in total. The van der Waals surface area contributed by atoms with Gasteiger partial charge in [0.25, 0.3) is 0 Å². The van der Waals surface area contributed by atoms with Crippen molar-refractivity contribution in [1.29, 1.82) is 0 Å². The van der Waals surface area contributed by atoms with Crippen LogP contribution < -0.4 is 0 Å². The summed E-state index contributed by atoms with van der Waals surface area (Å²) in [5.41, 5.74) is 0. The zero-order valence-electron chi connectivity index (χ0n) is 16.3. The van der Waals surface area contributed by atoms with Crippen LogP contribution in [0.2, 0.25) is 0 Å². The fourth-order valence-corrected chi connectivity index (χ4v) is 14.4. The Hall–Kier alpha value is 2.37. The molecule has 27 heavy (non-hydrogen) atoms. The Morgan fingerprint density at radius 1 is 0.519 bits per heavy atom. The van der Waals surface area contributed by atoms with Crippen LogP contribution in [0.1, 0.15) is 40.0 Å². The molecule has 0 spiro atoms. The SMILES string of the molecule is CCCSC1=C(SCCC)SC(=C2SC(SCCC)=C(SCCSC)S2)S1. The molecule has 154 valence electrons. The summed E-state index contributed by atoms with van der Waals surface area (Å²) in [4.78, 5) is 0. The minimum Gasteiger partial charge on any atom is -0.165 e. The molecule has 0 bridgehead atoms. The van der Waals surface area contributed by atoms with Crippen LogP contribution in [0.15, 0.2) is 25.4 Å². The van der Waals surface area contributed by atoms with Crippen LogP contribution >= 0.6 is 106 Å². The Morgan fingerprint density at radius 2 is 0.852 bits per heavy atom. The zero-order chi connectivity index (χ0) is 19.5. The molecule has 0 aromatic rings. The molecule has 0 unspecified atom stereocenters. The van der Waals surface area contributed by atoms with Crippen LogP contribution in [0.3, 0.4) is 0 Å². The van der Waals surface area contributed by atoms with E-state index in [1.807, 2.05) is 58.8 Å². The highest BCUT2D eigenvalue weighted by molar-refractivity contribution is 8.45. The lowest BCUT2D eigenvalue weighted by Gasteiger charge is -2.03. The molecule has 2 heterocycles. The third-order valence-corrected chi connectivity index (χ3v) is 16.1. The molecular weight excluding hydrogens is 505 g/mol. The molecule has 0 aromatic carbocycles. The van der Waals surface area contributed by atoms with Gasteiger partial charge in [0.2, 0.25) is 0 Å². The van der Waals surface area contributed by atoms with Crippen molar-refractivity contribution >= 4 is 106 Å². The number of thioether (sulfide) groups is 9. The number of hydrogen-bond donors (Lipinski definition) is 0. The number of rotatable bonds is 13. The van der Waals surface area contributed by atoms with Crippen LogP contribution in [0.5, 0.6) is 0 Å². The Labute approximate surface area is 204 Å². The Bertz CT molecular complexity index is 543. The molecule has 2 aliphatic heterocycles. The molecule has 0 aliphatic carbocycles. The van der Waals surface area contributed by atoms with Gasteiger partial charge in [-0.05, 0) is 42.8 Å². The second-order valence-electron chi connectivity index (χ2n) is 5.52. The Morgan fingerprint density at radius 3 is 1.15 bits per heavy atom. The first-order chi connectivity index (χ1) is 13.2. The van der Waals surface area contributed by atoms with Crippen LogP contribution in [0, 0.1) is 0 Å². The zero-order valence-corrected chi connectivity index (χ0v) is 23.7. The smallest absolute Gasteiger partial charge is 0.0717 e. The molecule has 0 nitrogen and oxygen atoms in total. The summed E-state index contributed by atoms with van der Waals surface area (Å²) < 4.78 is 9.25. The average Bonchev–Trinajstić information content (AvgIpc) is 3.27. The van der Waals surface area contributed by atoms with Crippen molar-refractivity contribution in [2.45, 2.75) is 40.0 Å². The van der Waals surface area contributed by atoms with Crippen molar-refractivity contribution in [3.8, 4) is 0 Å². The van der Waals surface area contributed by atoms with E-state index in [-0.39, 0.29) is 0 Å². The van der Waals surface area contributed by atoms with Gasteiger partial charge >= 0.3 is 0 Å². The van der Waals surface area contributed by atoms with Gasteiger partial charge in [-0.3, -0.25) is 0 Å². The summed E-state index contributed by atoms with van der Waals surface area (Å²) >= 11 is 18.3. The second-order valence-corrected chi connectivity index (χ2v) is 16.6. The van der Waals surface area contributed by atoms with Gasteiger partial charge in [-0.25, -0.2) is 0 Å². The van der Waals surface area contributed by atoms with Gasteiger partial charge < -0.3 is 0 Å². The first-order valence-electron chi connectivity index (χ1n) is 9.17. The van der Waals surface area contributed by atoms with Crippen LogP contribution in [-0.4, -0.2) is 35.0 Å². The Kier molecular flexibility index (Phi) is 14.4. The van der Waals surface area contributed by atoms with Gasteiger partial charge in [0, 0.05) is 11.5 Å². The van der Waals surface area contributed by atoms with Crippen LogP contribution in [-0.2, 0) is 0 Å². The molecule has 0 aromatic heterocycles. The van der Waals surface area contributed by atoms with Crippen molar-refractivity contribution < 1.29 is 0 Å². The lowest BCUT2D eigenvalue weighted by Crippen LogP contribution is -1.82. The van der Waals surface area contributed by atoms with E-state index < -0.39 is 0 Å². The van der Waals surface area contributed by atoms with Gasteiger partial charge in [-0.2, -0.15) is 11.8 Å². The van der Waals surface area contributed by atoms with E-state index in [1.54, 1.807) is 16.9 Å². The van der Waals surface area contributed by atoms with E-state index in [0.29, 0.717) is 0 Å². The third-order valence-electron chi connectivity index (χ3n) is 3.07. The highest BCUT2D eigenvalue weighted by Crippen LogP contribution is 2.66. The standard InChI is InChI=1S/C18H28S9/c1-5-8-20-13-14(21-9-6-2)25-17(24-13)18-26-15(22-10-7-3)16(27-18)23-12-11-19-4/h5-12H2,1-4H3. The lowest BCUT2D eigenvalue weighted by atomic mass is 10.6. The monoisotopic (exact) mass is 532 g/mol. The van der Waals surface area contributed by atoms with Gasteiger partial charge in [0.15, 0.2) is 0 Å². The van der Waals surface area contributed by atoms with Gasteiger partial charge in [-0.15, -0.1) is 47.0 Å². The number of hydrogen-bond acceptors (Lipinski definition) is 9. The summed E-state index contributed by atoms with van der Waals surface area (Å²) in [6.07, 6.45) is 5.94. The maximum Gasteiger partial charge on any atom is 0.0717 e. The minimum absolute atomic E-state index is 1.22. The maximum atomic E-state index is 2.28. The molecule has 0 radical (unpaired) electrons. The van der Waals surface area contributed by atoms with Crippen LogP contribution in [0.4, 0.5) is 0 Å². The minimum atomic E-state index is 1.22. The second kappa shape index (κ2) is 15.2. The van der Waals surface area contributed by atoms with E-state index in [9.17, 15) is 0 Å². The van der Waals surface area contributed by atoms with E-state index >= 15 is 0 Å². The molecule has 9 heteroatoms. The topological polar surface area (TPSA) is 0 Å². The third kappa shape index (κ3) is 8.79. The first kappa shape index (κ1) is 25.6. The van der Waals surface area contributed by atoms with E-state index in [0.717, 1.165) is 0 Å². The molecule has 2 aliphatic rings. The van der Waals surface area contributed by atoms with Crippen LogP contribution in [0.25, 0.3) is 0 Å². The molecule has 0 fully saturated rings. The highest BCUT2D eigenvalue weighted by atomic mass is 32.3. The Balaban J connectivity index is 2.06. The van der Waals surface area contributed by atoms with E-state index in [1.165, 1.54) is 56.5 Å². The van der Waals surface area contributed by atoms with Gasteiger partial charge in [-0.1, -0.05) is 67.8 Å². The largest absolute Gasteiger partial charge is 0.165 e. The first-order valence-corrected chi connectivity index (χ1v) is 17.8. The van der Waals surface area contributed by atoms with Crippen molar-refractivity contribution in [3.63, 3.8) is 0 Å². The van der Waals surface area contributed by atoms with Crippen molar-refractivity contribution in [2.24, 2.45) is 0 Å². The van der Waals surface area contributed by atoms with Crippen molar-refractivity contribution in [1.82, 2.24) is 0 Å². The quantitative estimate of drug-likeness (QED) is 0.211. The maximum absolute atomic E-state index is 2.28. The molecule has 0 atom stereocenters. The van der Waals surface area contributed by atoms with Gasteiger partial charge in [0.05, 0.1) is 25.4 Å². The van der Waals surface area contributed by atoms with Crippen molar-refractivity contribution in [2.75, 3.05) is 35.0 Å².